The Hall–Kier alpha value is -4.63. The van der Waals surface area contributed by atoms with Crippen molar-refractivity contribution in [1.82, 2.24) is 58.9 Å². The molecule has 0 spiro atoms. The molecule has 9 rings (SSSR count). The van der Waals surface area contributed by atoms with Gasteiger partial charge in [0.25, 0.3) is 0 Å². The van der Waals surface area contributed by atoms with E-state index in [0.29, 0.717) is 36.8 Å². The molecule has 0 radical (unpaired) electrons. The summed E-state index contributed by atoms with van der Waals surface area (Å²) in [5.41, 5.74) is 5.38. The van der Waals surface area contributed by atoms with Crippen molar-refractivity contribution in [2.24, 2.45) is 11.8 Å². The number of rotatable bonds is 6. The summed E-state index contributed by atoms with van der Waals surface area (Å²) < 4.78 is 11.3. The van der Waals surface area contributed by atoms with Gasteiger partial charge in [0.05, 0.1) is 35.6 Å². The van der Waals surface area contributed by atoms with Crippen LogP contribution in [0, 0.1) is 11.8 Å². The zero-order valence-corrected chi connectivity index (χ0v) is 28.2. The van der Waals surface area contributed by atoms with Crippen molar-refractivity contribution in [3.63, 3.8) is 0 Å². The van der Waals surface area contributed by atoms with Crippen molar-refractivity contribution >= 4 is 39.7 Å². The molecular weight excluding hydrogens is 624 g/mol. The summed E-state index contributed by atoms with van der Waals surface area (Å²) in [6, 6.07) is 4.11. The first-order valence-electron chi connectivity index (χ1n) is 17.6. The van der Waals surface area contributed by atoms with E-state index >= 15 is 0 Å². The van der Waals surface area contributed by atoms with Crippen LogP contribution in [0.2, 0.25) is 0 Å². The Morgan fingerprint density at radius 1 is 0.776 bits per heavy atom. The standard InChI is InChI=1S/C28H32N10O.C6H12N2O2/c1-3-15-9-17(11-19(15)27-35-33-23-13-31-25-21(37(23)27)5-7-29-25)39-18-10-16(4-2)20(12-18)28-36-34-24-14-32-26-22(38(24)28)6-8-30-26;1-7-2-4-8(5-3-7)6(9)10/h5-8,13-20,29-30H,3-4,9-12H2,1-2H3;2-5H2,1H3,(H,9,10)/t15-,16-,17+,18+,19+,20+;/m1./s1. The molecule has 15 nitrogen and oxygen atoms in total. The largest absolute Gasteiger partial charge is 0.465 e. The number of piperazine rings is 1. The normalized spacial score (nSPS) is 26.3. The Labute approximate surface area is 283 Å². The summed E-state index contributed by atoms with van der Waals surface area (Å²) >= 11 is 0. The minimum atomic E-state index is -0.798. The molecule has 2 saturated carbocycles. The minimum absolute atomic E-state index is 0.216. The van der Waals surface area contributed by atoms with Crippen LogP contribution in [0.5, 0.6) is 0 Å². The molecule has 0 unspecified atom stereocenters. The molecule has 1 amide bonds. The lowest BCUT2D eigenvalue weighted by Crippen LogP contribution is -2.46. The molecule has 6 aromatic rings. The third kappa shape index (κ3) is 5.78. The number of amides is 1. The van der Waals surface area contributed by atoms with E-state index in [2.05, 4.69) is 80.0 Å². The highest BCUT2D eigenvalue weighted by molar-refractivity contribution is 5.75. The van der Waals surface area contributed by atoms with Gasteiger partial charge in [-0.3, -0.25) is 8.80 Å². The van der Waals surface area contributed by atoms with Gasteiger partial charge in [0.1, 0.15) is 11.6 Å². The van der Waals surface area contributed by atoms with Crippen LogP contribution in [0.4, 0.5) is 4.79 Å². The zero-order chi connectivity index (χ0) is 33.6. The van der Waals surface area contributed by atoms with Crippen LogP contribution in [-0.2, 0) is 4.74 Å². The van der Waals surface area contributed by atoms with E-state index in [0.717, 1.165) is 96.9 Å². The second kappa shape index (κ2) is 13.0. The number of carbonyl (C=O) groups is 1. The number of aromatic nitrogens is 10. The molecule has 3 N–H and O–H groups in total. The van der Waals surface area contributed by atoms with Crippen molar-refractivity contribution in [2.45, 2.75) is 76.4 Å². The first-order valence-corrected chi connectivity index (χ1v) is 17.6. The zero-order valence-electron chi connectivity index (χ0n) is 28.2. The van der Waals surface area contributed by atoms with Gasteiger partial charge >= 0.3 is 6.09 Å². The fourth-order valence-electron chi connectivity index (χ4n) is 8.45. The average molecular weight is 669 g/mol. The molecule has 7 heterocycles. The number of hydrogen-bond acceptors (Lipinski definition) is 9. The number of ether oxygens (including phenoxy) is 1. The highest BCUT2D eigenvalue weighted by Crippen LogP contribution is 2.47. The predicted octanol–water partition coefficient (Wildman–Crippen LogP) is 4.70. The van der Waals surface area contributed by atoms with E-state index in [1.165, 1.54) is 4.90 Å². The lowest BCUT2D eigenvalue weighted by Gasteiger charge is -2.30. The molecule has 0 aromatic carbocycles. The predicted molar refractivity (Wildman–Crippen MR) is 183 cm³/mol. The summed E-state index contributed by atoms with van der Waals surface area (Å²) in [7, 11) is 2.00. The molecule has 1 aliphatic heterocycles. The fourth-order valence-corrected chi connectivity index (χ4v) is 8.45. The summed E-state index contributed by atoms with van der Waals surface area (Å²) in [6.45, 7) is 7.56. The smallest absolute Gasteiger partial charge is 0.407 e. The maximum Gasteiger partial charge on any atom is 0.407 e. The van der Waals surface area contributed by atoms with E-state index in [1.807, 2.05) is 19.4 Å². The van der Waals surface area contributed by atoms with Crippen molar-refractivity contribution in [1.29, 1.82) is 0 Å². The van der Waals surface area contributed by atoms with Gasteiger partial charge < -0.3 is 29.6 Å². The van der Waals surface area contributed by atoms with E-state index in [9.17, 15) is 4.79 Å². The van der Waals surface area contributed by atoms with Crippen molar-refractivity contribution in [2.75, 3.05) is 33.2 Å². The third-order valence-electron chi connectivity index (χ3n) is 11.1. The van der Waals surface area contributed by atoms with E-state index in [1.54, 1.807) is 12.4 Å². The molecule has 49 heavy (non-hydrogen) atoms. The van der Waals surface area contributed by atoms with Crippen LogP contribution in [0.15, 0.2) is 36.9 Å². The molecular formula is C34H44N12O3. The fraction of sp³-hybridized carbons (Fsp3) is 0.559. The highest BCUT2D eigenvalue weighted by atomic mass is 16.5. The lowest BCUT2D eigenvalue weighted by molar-refractivity contribution is -0.00877. The summed E-state index contributed by atoms with van der Waals surface area (Å²) in [4.78, 5) is 29.3. The maximum absolute atomic E-state index is 10.4. The number of nitrogens with one attached hydrogen (secondary N) is 2. The van der Waals surface area contributed by atoms with Crippen LogP contribution in [0.1, 0.15) is 75.9 Å². The Bertz CT molecular complexity index is 1940. The SMILES string of the molecule is CC[C@@H]1C[C@H](O[C@H]2C[C@@H](CC)[C@@H](c3nnc4cnc5[nH]ccc5n34)C2)C[C@@H]1c1nnc2cnc3[nH]ccc3n12.CN1CCN(C(=O)O)CC1. The van der Waals surface area contributed by atoms with Crippen LogP contribution in [-0.4, -0.2) is 116 Å². The molecule has 6 atom stereocenters. The van der Waals surface area contributed by atoms with Gasteiger partial charge in [-0.25, -0.2) is 14.8 Å². The molecule has 6 aromatic heterocycles. The highest BCUT2D eigenvalue weighted by Gasteiger charge is 2.42. The second-order valence-corrected chi connectivity index (χ2v) is 13.9. The molecule has 3 aliphatic rings. The Kier molecular flexibility index (Phi) is 8.39. The van der Waals surface area contributed by atoms with Crippen LogP contribution in [0.3, 0.4) is 0 Å². The first kappa shape index (κ1) is 31.6. The molecule has 15 heteroatoms. The van der Waals surface area contributed by atoms with Gasteiger partial charge in [0, 0.05) is 50.4 Å². The van der Waals surface area contributed by atoms with Crippen molar-refractivity contribution in [3.8, 4) is 0 Å². The van der Waals surface area contributed by atoms with Gasteiger partial charge in [-0.1, -0.05) is 26.7 Å². The Morgan fingerprint density at radius 3 is 1.71 bits per heavy atom. The number of fused-ring (bicyclic) bond motifs is 6. The number of nitrogens with zero attached hydrogens (tertiary/aromatic N) is 10. The van der Waals surface area contributed by atoms with Gasteiger partial charge in [0.15, 0.2) is 22.6 Å². The molecule has 2 aliphatic carbocycles. The maximum atomic E-state index is 10.4. The van der Waals surface area contributed by atoms with Crippen LogP contribution >= 0.6 is 0 Å². The topological polar surface area (TPSA) is 171 Å². The lowest BCUT2D eigenvalue weighted by atomic mass is 9.93. The average Bonchev–Trinajstić information content (AvgIpc) is 3.95. The third-order valence-corrected chi connectivity index (χ3v) is 11.1. The van der Waals surface area contributed by atoms with E-state index in [-0.39, 0.29) is 12.2 Å². The number of H-pyrrole nitrogens is 2. The quantitative estimate of drug-likeness (QED) is 0.226. The van der Waals surface area contributed by atoms with Crippen LogP contribution < -0.4 is 0 Å². The van der Waals surface area contributed by atoms with E-state index in [4.69, 9.17) is 9.84 Å². The minimum Gasteiger partial charge on any atom is -0.465 e. The summed E-state index contributed by atoms with van der Waals surface area (Å²) in [6.07, 6.45) is 13.3. The van der Waals surface area contributed by atoms with Crippen molar-refractivity contribution in [3.05, 3.63) is 48.6 Å². The second-order valence-electron chi connectivity index (χ2n) is 13.9. The van der Waals surface area contributed by atoms with Gasteiger partial charge in [-0.2, -0.15) is 0 Å². The van der Waals surface area contributed by atoms with Gasteiger partial charge in [-0.15, -0.1) is 20.4 Å². The number of carboxylic acid groups (broad SMARTS) is 1. The molecule has 3 fully saturated rings. The number of hydrogen-bond donors (Lipinski definition) is 3. The summed E-state index contributed by atoms with van der Waals surface area (Å²) in [5.74, 6) is 3.71. The van der Waals surface area contributed by atoms with E-state index < -0.39 is 6.09 Å². The van der Waals surface area contributed by atoms with Crippen molar-refractivity contribution < 1.29 is 14.6 Å². The number of likely N-dealkylation sites (N-methyl/N-ethyl adjacent to an activating group) is 1. The monoisotopic (exact) mass is 668 g/mol. The van der Waals surface area contributed by atoms with Gasteiger partial charge in [0.2, 0.25) is 0 Å². The molecule has 0 bridgehead atoms. The first-order chi connectivity index (χ1) is 23.9. The number of aromatic amines is 2. The summed E-state index contributed by atoms with van der Waals surface area (Å²) in [5, 5.41) is 26.8. The Morgan fingerprint density at radius 2 is 1.27 bits per heavy atom. The molecule has 1 saturated heterocycles. The van der Waals surface area contributed by atoms with Gasteiger partial charge in [-0.05, 0) is 56.7 Å². The van der Waals surface area contributed by atoms with Crippen LogP contribution in [0.25, 0.3) is 33.6 Å². The molecule has 258 valence electrons. The Balaban J connectivity index is 0.000000302.